The number of benzene rings is 2. The van der Waals surface area contributed by atoms with Crippen LogP contribution in [-0.4, -0.2) is 34.0 Å². The van der Waals surface area contributed by atoms with Gasteiger partial charge in [-0.05, 0) is 50.7 Å². The molecule has 2 aromatic rings. The van der Waals surface area contributed by atoms with Crippen LogP contribution in [0.15, 0.2) is 47.4 Å². The number of hydrogen-bond donors (Lipinski definition) is 3. The van der Waals surface area contributed by atoms with Gasteiger partial charge in [0.2, 0.25) is 0 Å². The summed E-state index contributed by atoms with van der Waals surface area (Å²) in [5.41, 5.74) is 0.746. The topological polar surface area (TPSA) is 87.3 Å². The molecule has 26 heavy (non-hydrogen) atoms. The summed E-state index contributed by atoms with van der Waals surface area (Å²) >= 11 is 0. The Kier molecular flexibility index (Phi) is 6.33. The number of halogens is 1. The number of carbonyl (C=O) groups is 1. The molecule has 140 valence electrons. The Bertz CT molecular complexity index is 900. The summed E-state index contributed by atoms with van der Waals surface area (Å²) in [6.45, 7) is 4.03. The van der Waals surface area contributed by atoms with Crippen LogP contribution in [0.4, 0.5) is 10.1 Å². The summed E-state index contributed by atoms with van der Waals surface area (Å²) in [6.07, 6.45) is 0. The molecule has 0 heterocycles. The van der Waals surface area contributed by atoms with Gasteiger partial charge < -0.3 is 10.6 Å². The van der Waals surface area contributed by atoms with E-state index in [2.05, 4.69) is 15.4 Å². The fraction of sp³-hybridized carbons (Fsp3) is 0.278. The normalized spacial score (nSPS) is 12.5. The molecule has 0 aliphatic rings. The van der Waals surface area contributed by atoms with Gasteiger partial charge in [0.1, 0.15) is 5.82 Å². The maximum atomic E-state index is 13.7. The quantitative estimate of drug-likeness (QED) is 0.689. The van der Waals surface area contributed by atoms with Crippen molar-refractivity contribution in [2.75, 3.05) is 18.3 Å². The zero-order valence-electron chi connectivity index (χ0n) is 14.8. The molecule has 0 saturated carbocycles. The number of nitrogens with one attached hydrogen (secondary N) is 3. The van der Waals surface area contributed by atoms with E-state index >= 15 is 0 Å². The molecule has 0 spiro atoms. The first kappa shape index (κ1) is 19.9. The zero-order valence-corrected chi connectivity index (χ0v) is 15.7. The predicted octanol–water partition coefficient (Wildman–Crippen LogP) is 2.27. The smallest absolute Gasteiger partial charge is 0.262 e. The lowest BCUT2D eigenvalue weighted by Crippen LogP contribution is -2.37. The van der Waals surface area contributed by atoms with Gasteiger partial charge in [-0.1, -0.05) is 18.2 Å². The Morgan fingerprint density at radius 1 is 1.19 bits per heavy atom. The number of para-hydroxylation sites is 1. The third kappa shape index (κ3) is 4.80. The van der Waals surface area contributed by atoms with Gasteiger partial charge in [0.05, 0.1) is 10.6 Å². The van der Waals surface area contributed by atoms with E-state index in [9.17, 15) is 17.6 Å². The lowest BCUT2D eigenvalue weighted by molar-refractivity contribution is 0.0949. The molecule has 1 unspecified atom stereocenters. The Morgan fingerprint density at radius 2 is 1.88 bits per heavy atom. The summed E-state index contributed by atoms with van der Waals surface area (Å²) in [4.78, 5) is 12.3. The largest absolute Gasteiger partial charge is 0.350 e. The number of hydrogen-bond acceptors (Lipinski definition) is 4. The number of anilines is 1. The maximum Gasteiger partial charge on any atom is 0.262 e. The van der Waals surface area contributed by atoms with Gasteiger partial charge in [-0.2, -0.15) is 0 Å². The first-order valence-electron chi connectivity index (χ1n) is 8.08. The molecule has 0 aliphatic carbocycles. The average Bonchev–Trinajstić information content (AvgIpc) is 2.61. The molecule has 1 atom stereocenters. The van der Waals surface area contributed by atoms with Gasteiger partial charge in [0.15, 0.2) is 0 Å². The molecule has 2 rings (SSSR count). The van der Waals surface area contributed by atoms with E-state index in [4.69, 9.17) is 0 Å². The maximum absolute atomic E-state index is 13.7. The van der Waals surface area contributed by atoms with E-state index in [-0.39, 0.29) is 28.1 Å². The molecule has 0 aromatic heterocycles. The molecular formula is C18H22FN3O3S. The van der Waals surface area contributed by atoms with Crippen molar-refractivity contribution >= 4 is 21.6 Å². The highest BCUT2D eigenvalue weighted by atomic mass is 32.2. The highest BCUT2D eigenvalue weighted by molar-refractivity contribution is 7.92. The van der Waals surface area contributed by atoms with Crippen LogP contribution in [0, 0.1) is 12.7 Å². The summed E-state index contributed by atoms with van der Waals surface area (Å²) in [5, 5.41) is 5.75. The van der Waals surface area contributed by atoms with Gasteiger partial charge in [-0.15, -0.1) is 0 Å². The van der Waals surface area contributed by atoms with Gasteiger partial charge in [0, 0.05) is 18.2 Å². The number of likely N-dealkylation sites (N-methyl/N-ethyl adjacent to an activating group) is 1. The lowest BCUT2D eigenvalue weighted by Gasteiger charge is -2.14. The van der Waals surface area contributed by atoms with Crippen molar-refractivity contribution in [1.29, 1.82) is 0 Å². The number of aryl methyl sites for hydroxylation is 1. The van der Waals surface area contributed by atoms with Crippen LogP contribution in [0.25, 0.3) is 0 Å². The molecule has 0 aliphatic heterocycles. The summed E-state index contributed by atoms with van der Waals surface area (Å²) in [5.74, 6) is -1.05. The predicted molar refractivity (Wildman–Crippen MR) is 99.2 cm³/mol. The SMILES string of the molecule is CNC(C)CNC(=O)c1cc(S(=O)(=O)Nc2ccccc2F)ccc1C. The molecular weight excluding hydrogens is 357 g/mol. The van der Waals surface area contributed by atoms with E-state index in [0.717, 1.165) is 6.07 Å². The number of sulfonamides is 1. The van der Waals surface area contributed by atoms with E-state index < -0.39 is 15.8 Å². The van der Waals surface area contributed by atoms with Gasteiger partial charge >= 0.3 is 0 Å². The molecule has 0 bridgehead atoms. The van der Waals surface area contributed by atoms with E-state index in [1.54, 1.807) is 20.0 Å². The van der Waals surface area contributed by atoms with Crippen molar-refractivity contribution in [3.05, 3.63) is 59.4 Å². The minimum absolute atomic E-state index is 0.0777. The average molecular weight is 379 g/mol. The van der Waals surface area contributed by atoms with Gasteiger partial charge in [-0.3, -0.25) is 9.52 Å². The van der Waals surface area contributed by atoms with Gasteiger partial charge in [-0.25, -0.2) is 12.8 Å². The van der Waals surface area contributed by atoms with Crippen molar-refractivity contribution in [2.45, 2.75) is 24.8 Å². The minimum atomic E-state index is -4.03. The van der Waals surface area contributed by atoms with Crippen LogP contribution in [0.5, 0.6) is 0 Å². The first-order chi connectivity index (χ1) is 12.2. The number of carbonyl (C=O) groups excluding carboxylic acids is 1. The van der Waals surface area contributed by atoms with Crippen molar-refractivity contribution < 1.29 is 17.6 Å². The minimum Gasteiger partial charge on any atom is -0.350 e. The summed E-state index contributed by atoms with van der Waals surface area (Å²) in [7, 11) is -2.25. The van der Waals surface area contributed by atoms with Crippen LogP contribution in [0.1, 0.15) is 22.8 Å². The van der Waals surface area contributed by atoms with Crippen LogP contribution >= 0.6 is 0 Å². The standard InChI is InChI=1S/C18H22FN3O3S/c1-12-8-9-14(10-15(12)18(23)21-11-13(2)20-3)26(24,25)22-17-7-5-4-6-16(17)19/h4-10,13,20,22H,11H2,1-3H3,(H,21,23). The van der Waals surface area contributed by atoms with Crippen molar-refractivity contribution in [3.8, 4) is 0 Å². The van der Waals surface area contributed by atoms with E-state index in [0.29, 0.717) is 12.1 Å². The van der Waals surface area contributed by atoms with E-state index in [1.165, 1.54) is 30.3 Å². The second-order valence-electron chi connectivity index (χ2n) is 5.96. The molecule has 1 amide bonds. The fourth-order valence-corrected chi connectivity index (χ4v) is 3.30. The second kappa shape index (κ2) is 8.29. The molecule has 8 heteroatoms. The second-order valence-corrected chi connectivity index (χ2v) is 7.64. The Labute approximate surface area is 152 Å². The van der Waals surface area contributed by atoms with Crippen molar-refractivity contribution in [1.82, 2.24) is 10.6 Å². The zero-order chi connectivity index (χ0) is 19.3. The Balaban J connectivity index is 2.27. The van der Waals surface area contributed by atoms with Crippen LogP contribution < -0.4 is 15.4 Å². The third-order valence-electron chi connectivity index (χ3n) is 3.94. The fourth-order valence-electron chi connectivity index (χ4n) is 2.20. The van der Waals surface area contributed by atoms with Crippen LogP contribution in [0.3, 0.4) is 0 Å². The first-order valence-corrected chi connectivity index (χ1v) is 9.56. The molecule has 6 nitrogen and oxygen atoms in total. The molecule has 2 aromatic carbocycles. The highest BCUT2D eigenvalue weighted by Crippen LogP contribution is 2.21. The number of amides is 1. The van der Waals surface area contributed by atoms with E-state index in [1.807, 2.05) is 6.92 Å². The summed E-state index contributed by atoms with van der Waals surface area (Å²) < 4.78 is 41.0. The number of rotatable bonds is 7. The van der Waals surface area contributed by atoms with Crippen LogP contribution in [-0.2, 0) is 10.0 Å². The Morgan fingerprint density at radius 3 is 2.54 bits per heavy atom. The van der Waals surface area contributed by atoms with Gasteiger partial charge in [0.25, 0.3) is 15.9 Å². The molecule has 0 fully saturated rings. The van der Waals surface area contributed by atoms with Crippen molar-refractivity contribution in [2.24, 2.45) is 0 Å². The molecule has 0 radical (unpaired) electrons. The highest BCUT2D eigenvalue weighted by Gasteiger charge is 2.19. The lowest BCUT2D eigenvalue weighted by atomic mass is 10.1. The Hall–Kier alpha value is -2.45. The third-order valence-corrected chi connectivity index (χ3v) is 5.31. The monoisotopic (exact) mass is 379 g/mol. The molecule has 3 N–H and O–H groups in total. The van der Waals surface area contributed by atoms with Crippen molar-refractivity contribution in [3.63, 3.8) is 0 Å². The molecule has 0 saturated heterocycles. The van der Waals surface area contributed by atoms with Crippen LogP contribution in [0.2, 0.25) is 0 Å². The summed E-state index contributed by atoms with van der Waals surface area (Å²) in [6, 6.07) is 9.78.